The Labute approximate surface area is 120 Å². The van der Waals surface area contributed by atoms with Crippen LogP contribution in [-0.2, 0) is 16.6 Å². The number of amides is 1. The number of carbonyl (C=O) groups is 1. The van der Waals surface area contributed by atoms with Gasteiger partial charge in [-0.25, -0.2) is 0 Å². The van der Waals surface area contributed by atoms with Crippen LogP contribution in [0.5, 0.6) is 0 Å². The number of likely N-dealkylation sites (N-methyl/N-ethyl adjacent to an activating group) is 1. The Morgan fingerprint density at radius 2 is 2.10 bits per heavy atom. The summed E-state index contributed by atoms with van der Waals surface area (Å²) in [5.41, 5.74) is 5.43. The minimum atomic E-state index is -0.117. The van der Waals surface area contributed by atoms with Crippen molar-refractivity contribution in [1.29, 1.82) is 0 Å². The molecule has 0 bridgehead atoms. The molecule has 6 nitrogen and oxygen atoms in total. The molecule has 6 heteroatoms. The average molecular weight is 282 g/mol. The van der Waals surface area contributed by atoms with E-state index in [0.29, 0.717) is 37.5 Å². The lowest BCUT2D eigenvalue weighted by atomic mass is 9.96. The van der Waals surface area contributed by atoms with E-state index in [2.05, 4.69) is 10.1 Å². The lowest BCUT2D eigenvalue weighted by Gasteiger charge is -2.23. The van der Waals surface area contributed by atoms with Crippen molar-refractivity contribution >= 4 is 5.91 Å². The zero-order chi connectivity index (χ0) is 15.3. The molecule has 1 aromatic rings. The summed E-state index contributed by atoms with van der Waals surface area (Å²) in [5.74, 6) is 1.39. The van der Waals surface area contributed by atoms with Gasteiger partial charge in [-0.2, -0.15) is 4.98 Å². The van der Waals surface area contributed by atoms with Gasteiger partial charge in [0, 0.05) is 37.9 Å². The number of rotatable bonds is 6. The van der Waals surface area contributed by atoms with Gasteiger partial charge in [0.15, 0.2) is 5.82 Å². The Morgan fingerprint density at radius 3 is 2.60 bits per heavy atom. The summed E-state index contributed by atoms with van der Waals surface area (Å²) >= 11 is 0. The van der Waals surface area contributed by atoms with Crippen LogP contribution in [0.15, 0.2) is 4.52 Å². The van der Waals surface area contributed by atoms with Crippen molar-refractivity contribution in [1.82, 2.24) is 15.0 Å². The van der Waals surface area contributed by atoms with E-state index in [1.54, 1.807) is 11.9 Å². The van der Waals surface area contributed by atoms with Gasteiger partial charge < -0.3 is 15.2 Å². The molecule has 1 atom stereocenters. The first-order valence-corrected chi connectivity index (χ1v) is 7.04. The Morgan fingerprint density at radius 1 is 1.45 bits per heavy atom. The molecule has 0 aromatic carbocycles. The summed E-state index contributed by atoms with van der Waals surface area (Å²) < 4.78 is 5.20. The number of aryl methyl sites for hydroxylation is 1. The minimum absolute atomic E-state index is 0.0680. The second-order valence-corrected chi connectivity index (χ2v) is 6.20. The fraction of sp³-hybridized carbons (Fsp3) is 0.786. The van der Waals surface area contributed by atoms with E-state index in [1.807, 2.05) is 27.7 Å². The lowest BCUT2D eigenvalue weighted by Crippen LogP contribution is -2.39. The van der Waals surface area contributed by atoms with Crippen molar-refractivity contribution in [2.45, 2.75) is 58.4 Å². The Hall–Kier alpha value is -1.43. The monoisotopic (exact) mass is 282 g/mol. The highest BCUT2D eigenvalue weighted by Gasteiger charge is 2.21. The second kappa shape index (κ2) is 6.83. The number of carbonyl (C=O) groups excluding carboxylic acids is 1. The standard InChI is InChI=1S/C14H26N4O2/c1-10(9-15)18(5)12(19)8-6-7-11-16-13(17-20-11)14(2,3)4/h10H,6-9,15H2,1-5H3. The fourth-order valence-electron chi connectivity index (χ4n) is 1.63. The molecular formula is C14H26N4O2. The second-order valence-electron chi connectivity index (χ2n) is 6.20. The van der Waals surface area contributed by atoms with Gasteiger partial charge in [0.1, 0.15) is 0 Å². The highest BCUT2D eigenvalue weighted by Crippen LogP contribution is 2.19. The quantitative estimate of drug-likeness (QED) is 0.854. The largest absolute Gasteiger partial charge is 0.342 e. The first kappa shape index (κ1) is 16.6. The van der Waals surface area contributed by atoms with Crippen molar-refractivity contribution in [3.05, 3.63) is 11.7 Å². The van der Waals surface area contributed by atoms with Crippen LogP contribution in [0.2, 0.25) is 0 Å². The first-order chi connectivity index (χ1) is 9.25. The predicted molar refractivity (Wildman–Crippen MR) is 77.2 cm³/mol. The first-order valence-electron chi connectivity index (χ1n) is 7.04. The van der Waals surface area contributed by atoms with Crippen molar-refractivity contribution in [2.24, 2.45) is 5.73 Å². The summed E-state index contributed by atoms with van der Waals surface area (Å²) in [6.45, 7) is 8.52. The maximum atomic E-state index is 11.9. The van der Waals surface area contributed by atoms with E-state index in [1.165, 1.54) is 0 Å². The summed E-state index contributed by atoms with van der Waals surface area (Å²) in [6.07, 6.45) is 1.79. The molecule has 1 rings (SSSR count). The van der Waals surface area contributed by atoms with Gasteiger partial charge in [-0.1, -0.05) is 25.9 Å². The molecule has 0 spiro atoms. The molecule has 2 N–H and O–H groups in total. The maximum Gasteiger partial charge on any atom is 0.226 e. The van der Waals surface area contributed by atoms with E-state index in [0.717, 1.165) is 0 Å². The smallest absolute Gasteiger partial charge is 0.226 e. The summed E-state index contributed by atoms with van der Waals surface area (Å²) in [7, 11) is 1.78. The zero-order valence-electron chi connectivity index (χ0n) is 13.1. The minimum Gasteiger partial charge on any atom is -0.342 e. The summed E-state index contributed by atoms with van der Waals surface area (Å²) in [5, 5.41) is 3.96. The molecule has 0 radical (unpaired) electrons. The Bertz CT molecular complexity index is 437. The normalized spacial score (nSPS) is 13.3. The van der Waals surface area contributed by atoms with Gasteiger partial charge in [-0.3, -0.25) is 4.79 Å². The van der Waals surface area contributed by atoms with Crippen LogP contribution >= 0.6 is 0 Å². The summed E-state index contributed by atoms with van der Waals surface area (Å²) in [4.78, 5) is 17.9. The van der Waals surface area contributed by atoms with Crippen LogP contribution in [0.1, 0.15) is 52.3 Å². The SMILES string of the molecule is CC(CN)N(C)C(=O)CCCc1nc(C(C)(C)C)no1. The highest BCUT2D eigenvalue weighted by molar-refractivity contribution is 5.76. The van der Waals surface area contributed by atoms with Gasteiger partial charge in [0.05, 0.1) is 0 Å². The van der Waals surface area contributed by atoms with Crippen LogP contribution in [0.3, 0.4) is 0 Å². The number of hydrogen-bond acceptors (Lipinski definition) is 5. The number of nitrogens with two attached hydrogens (primary N) is 1. The van der Waals surface area contributed by atoms with Crippen molar-refractivity contribution in [3.8, 4) is 0 Å². The van der Waals surface area contributed by atoms with Gasteiger partial charge in [0.2, 0.25) is 11.8 Å². The molecule has 1 unspecified atom stereocenters. The molecular weight excluding hydrogens is 256 g/mol. The molecule has 1 heterocycles. The van der Waals surface area contributed by atoms with E-state index in [-0.39, 0.29) is 17.4 Å². The molecule has 0 saturated heterocycles. The van der Waals surface area contributed by atoms with Crippen molar-refractivity contribution < 1.29 is 9.32 Å². The van der Waals surface area contributed by atoms with Gasteiger partial charge >= 0.3 is 0 Å². The van der Waals surface area contributed by atoms with Crippen molar-refractivity contribution in [3.63, 3.8) is 0 Å². The third-order valence-corrected chi connectivity index (χ3v) is 3.32. The molecule has 0 aliphatic carbocycles. The molecule has 0 aliphatic heterocycles. The van der Waals surface area contributed by atoms with E-state index in [4.69, 9.17) is 10.3 Å². The van der Waals surface area contributed by atoms with E-state index < -0.39 is 0 Å². The summed E-state index contributed by atoms with van der Waals surface area (Å²) in [6, 6.07) is 0.0680. The maximum absolute atomic E-state index is 11.9. The topological polar surface area (TPSA) is 85.2 Å². The highest BCUT2D eigenvalue weighted by atomic mass is 16.5. The molecule has 0 fully saturated rings. The van der Waals surface area contributed by atoms with Crippen LogP contribution in [-0.4, -0.2) is 40.6 Å². The molecule has 20 heavy (non-hydrogen) atoms. The molecule has 1 amide bonds. The third-order valence-electron chi connectivity index (χ3n) is 3.32. The zero-order valence-corrected chi connectivity index (χ0v) is 13.1. The van der Waals surface area contributed by atoms with Gasteiger partial charge in [-0.05, 0) is 13.3 Å². The van der Waals surface area contributed by atoms with Crippen LogP contribution < -0.4 is 5.73 Å². The Balaban J connectivity index is 2.41. The molecule has 114 valence electrons. The number of hydrogen-bond donors (Lipinski definition) is 1. The average Bonchev–Trinajstić information content (AvgIpc) is 2.85. The lowest BCUT2D eigenvalue weighted by molar-refractivity contribution is -0.131. The van der Waals surface area contributed by atoms with Crippen LogP contribution in [0.25, 0.3) is 0 Å². The van der Waals surface area contributed by atoms with Gasteiger partial charge in [-0.15, -0.1) is 0 Å². The Kier molecular flexibility index (Phi) is 5.68. The van der Waals surface area contributed by atoms with Gasteiger partial charge in [0.25, 0.3) is 0 Å². The number of aromatic nitrogens is 2. The van der Waals surface area contributed by atoms with Crippen molar-refractivity contribution in [2.75, 3.05) is 13.6 Å². The predicted octanol–water partition coefficient (Wildman–Crippen LogP) is 1.50. The molecule has 0 saturated carbocycles. The molecule has 0 aliphatic rings. The molecule has 1 aromatic heterocycles. The fourth-order valence-corrected chi connectivity index (χ4v) is 1.63. The van der Waals surface area contributed by atoms with Crippen LogP contribution in [0, 0.1) is 0 Å². The van der Waals surface area contributed by atoms with E-state index in [9.17, 15) is 4.79 Å². The third kappa shape index (κ3) is 4.59. The van der Waals surface area contributed by atoms with Crippen LogP contribution in [0.4, 0.5) is 0 Å². The number of nitrogens with zero attached hydrogens (tertiary/aromatic N) is 3. The van der Waals surface area contributed by atoms with E-state index >= 15 is 0 Å².